The zero-order chi connectivity index (χ0) is 8.65. The first-order valence-corrected chi connectivity index (χ1v) is 5.89. The van der Waals surface area contributed by atoms with Gasteiger partial charge in [0.2, 0.25) is 0 Å². The van der Waals surface area contributed by atoms with Crippen LogP contribution in [0.25, 0.3) is 0 Å². The molecule has 1 aliphatic rings. The van der Waals surface area contributed by atoms with Gasteiger partial charge in [0.1, 0.15) is 0 Å². The van der Waals surface area contributed by atoms with Crippen LogP contribution in [0.2, 0.25) is 0 Å². The van der Waals surface area contributed by atoms with Crippen molar-refractivity contribution in [3.63, 3.8) is 0 Å². The Balaban J connectivity index is 1.96. The number of hydrogen-bond donors (Lipinski definition) is 1. The van der Waals surface area contributed by atoms with Gasteiger partial charge >= 0.3 is 0 Å². The number of nitrogens with one attached hydrogen (secondary N) is 1. The first-order chi connectivity index (χ1) is 5.93. The zero-order valence-corrected chi connectivity index (χ0v) is 8.70. The van der Waals surface area contributed by atoms with Crippen LogP contribution in [0.5, 0.6) is 0 Å². The first-order valence-electron chi connectivity index (χ1n) is 4.84. The van der Waals surface area contributed by atoms with Gasteiger partial charge in [-0.15, -0.1) is 0 Å². The van der Waals surface area contributed by atoms with Gasteiger partial charge in [0.05, 0.1) is 0 Å². The van der Waals surface area contributed by atoms with E-state index in [2.05, 4.69) is 29.2 Å². The lowest BCUT2D eigenvalue weighted by Gasteiger charge is -2.02. The molecule has 0 aromatic carbocycles. The largest absolute Gasteiger partial charge is 0.319 e. The standard InChI is InChI=1S/C10H19NS/c1-11-8-4-2-3-6-10-7-5-9-12-10/h2-3,10-11H,4-9H2,1H3/b3-2-. The third kappa shape index (κ3) is 4.17. The molecule has 0 aromatic rings. The highest BCUT2D eigenvalue weighted by molar-refractivity contribution is 8.00. The molecule has 1 saturated heterocycles. The molecule has 1 N–H and O–H groups in total. The van der Waals surface area contributed by atoms with Gasteiger partial charge in [-0.25, -0.2) is 0 Å². The Morgan fingerprint density at radius 1 is 1.50 bits per heavy atom. The van der Waals surface area contributed by atoms with E-state index >= 15 is 0 Å². The van der Waals surface area contributed by atoms with Gasteiger partial charge in [0.25, 0.3) is 0 Å². The molecular weight excluding hydrogens is 166 g/mol. The molecule has 0 amide bonds. The van der Waals surface area contributed by atoms with Crippen molar-refractivity contribution >= 4 is 11.8 Å². The average molecular weight is 185 g/mol. The molecule has 1 rings (SSSR count). The van der Waals surface area contributed by atoms with Crippen molar-refractivity contribution in [1.82, 2.24) is 5.32 Å². The summed E-state index contributed by atoms with van der Waals surface area (Å²) in [4.78, 5) is 0. The summed E-state index contributed by atoms with van der Waals surface area (Å²) >= 11 is 2.14. The van der Waals surface area contributed by atoms with Gasteiger partial charge in [-0.05, 0) is 45.0 Å². The van der Waals surface area contributed by atoms with E-state index in [1.165, 1.54) is 31.4 Å². The maximum atomic E-state index is 3.14. The Labute approximate surface area is 80.0 Å². The lowest BCUT2D eigenvalue weighted by molar-refractivity contribution is 0.781. The van der Waals surface area contributed by atoms with E-state index in [-0.39, 0.29) is 0 Å². The summed E-state index contributed by atoms with van der Waals surface area (Å²) in [6.45, 7) is 1.11. The third-order valence-electron chi connectivity index (χ3n) is 2.15. The summed E-state index contributed by atoms with van der Waals surface area (Å²) in [5.41, 5.74) is 0. The highest BCUT2D eigenvalue weighted by Crippen LogP contribution is 2.28. The molecule has 0 saturated carbocycles. The lowest BCUT2D eigenvalue weighted by Crippen LogP contribution is -2.05. The van der Waals surface area contributed by atoms with Crippen LogP contribution in [0.15, 0.2) is 12.2 Å². The molecular formula is C10H19NS. The Morgan fingerprint density at radius 3 is 3.08 bits per heavy atom. The minimum atomic E-state index is 0.927. The van der Waals surface area contributed by atoms with Gasteiger partial charge in [0, 0.05) is 5.25 Å². The Morgan fingerprint density at radius 2 is 2.42 bits per heavy atom. The highest BCUT2D eigenvalue weighted by Gasteiger charge is 2.12. The summed E-state index contributed by atoms with van der Waals surface area (Å²) < 4.78 is 0. The Bertz CT molecular complexity index is 128. The van der Waals surface area contributed by atoms with Crippen LogP contribution in [0.4, 0.5) is 0 Å². The maximum absolute atomic E-state index is 3.14. The van der Waals surface area contributed by atoms with E-state index in [0.29, 0.717) is 0 Å². The van der Waals surface area contributed by atoms with Crippen molar-refractivity contribution in [3.8, 4) is 0 Å². The smallest absolute Gasteiger partial charge is 0.00818 e. The van der Waals surface area contributed by atoms with Gasteiger partial charge in [-0.1, -0.05) is 12.2 Å². The van der Waals surface area contributed by atoms with Crippen LogP contribution >= 0.6 is 11.8 Å². The first kappa shape index (κ1) is 10.1. The van der Waals surface area contributed by atoms with E-state index < -0.39 is 0 Å². The van der Waals surface area contributed by atoms with Crippen LogP contribution in [0.3, 0.4) is 0 Å². The van der Waals surface area contributed by atoms with Crippen molar-refractivity contribution in [2.45, 2.75) is 30.9 Å². The van der Waals surface area contributed by atoms with E-state index in [0.717, 1.165) is 11.8 Å². The normalized spacial score (nSPS) is 23.9. The molecule has 1 fully saturated rings. The SMILES string of the molecule is CNCC/C=C\CC1CCCS1. The number of rotatable bonds is 5. The molecule has 0 radical (unpaired) electrons. The van der Waals surface area contributed by atoms with Gasteiger partial charge in [-0.3, -0.25) is 0 Å². The summed E-state index contributed by atoms with van der Waals surface area (Å²) in [6, 6.07) is 0. The van der Waals surface area contributed by atoms with Crippen molar-refractivity contribution in [1.29, 1.82) is 0 Å². The molecule has 1 aliphatic heterocycles. The second-order valence-corrected chi connectivity index (χ2v) is 4.64. The van der Waals surface area contributed by atoms with Gasteiger partial charge < -0.3 is 5.32 Å². The second kappa shape index (κ2) is 6.55. The molecule has 0 aromatic heterocycles. The summed E-state index contributed by atoms with van der Waals surface area (Å²) in [5, 5.41) is 4.07. The third-order valence-corrected chi connectivity index (χ3v) is 3.57. The molecule has 1 unspecified atom stereocenters. The number of thioether (sulfide) groups is 1. The Kier molecular flexibility index (Phi) is 5.53. The second-order valence-electron chi connectivity index (χ2n) is 3.23. The quantitative estimate of drug-likeness (QED) is 0.521. The van der Waals surface area contributed by atoms with Crippen molar-refractivity contribution in [2.24, 2.45) is 0 Å². The summed E-state index contributed by atoms with van der Waals surface area (Å²) in [7, 11) is 2.00. The van der Waals surface area contributed by atoms with Gasteiger partial charge in [-0.2, -0.15) is 11.8 Å². The van der Waals surface area contributed by atoms with E-state index in [1.54, 1.807) is 0 Å². The Hall–Kier alpha value is 0.0500. The predicted molar refractivity (Wildman–Crippen MR) is 57.8 cm³/mol. The molecule has 2 heteroatoms. The molecule has 1 atom stereocenters. The fraction of sp³-hybridized carbons (Fsp3) is 0.800. The van der Waals surface area contributed by atoms with Crippen LogP contribution in [0, 0.1) is 0 Å². The van der Waals surface area contributed by atoms with E-state index in [9.17, 15) is 0 Å². The molecule has 0 bridgehead atoms. The fourth-order valence-corrected chi connectivity index (χ4v) is 2.67. The maximum Gasteiger partial charge on any atom is 0.00818 e. The lowest BCUT2D eigenvalue weighted by atomic mass is 10.2. The van der Waals surface area contributed by atoms with Crippen LogP contribution in [0.1, 0.15) is 25.7 Å². The zero-order valence-electron chi connectivity index (χ0n) is 7.88. The molecule has 0 aliphatic carbocycles. The number of hydrogen-bond acceptors (Lipinski definition) is 2. The van der Waals surface area contributed by atoms with Crippen LogP contribution in [-0.2, 0) is 0 Å². The van der Waals surface area contributed by atoms with E-state index in [1.807, 2.05) is 7.05 Å². The van der Waals surface area contributed by atoms with E-state index in [4.69, 9.17) is 0 Å². The monoisotopic (exact) mass is 185 g/mol. The molecule has 0 spiro atoms. The average Bonchev–Trinajstić information content (AvgIpc) is 2.57. The molecule has 70 valence electrons. The fourth-order valence-electron chi connectivity index (χ4n) is 1.42. The highest BCUT2D eigenvalue weighted by atomic mass is 32.2. The van der Waals surface area contributed by atoms with Crippen molar-refractivity contribution < 1.29 is 0 Å². The molecule has 1 nitrogen and oxygen atoms in total. The topological polar surface area (TPSA) is 12.0 Å². The van der Waals surface area contributed by atoms with Crippen LogP contribution in [-0.4, -0.2) is 24.6 Å². The summed E-state index contributed by atoms with van der Waals surface area (Å²) in [5.74, 6) is 1.38. The number of allylic oxidation sites excluding steroid dienone is 1. The molecule has 12 heavy (non-hydrogen) atoms. The van der Waals surface area contributed by atoms with Crippen molar-refractivity contribution in [2.75, 3.05) is 19.3 Å². The van der Waals surface area contributed by atoms with Gasteiger partial charge in [0.15, 0.2) is 0 Å². The minimum absolute atomic E-state index is 0.927. The summed E-state index contributed by atoms with van der Waals surface area (Å²) in [6.07, 6.45) is 9.97. The van der Waals surface area contributed by atoms with Crippen LogP contribution < -0.4 is 5.32 Å². The molecule has 1 heterocycles. The predicted octanol–water partition coefficient (Wildman–Crippen LogP) is 2.44. The van der Waals surface area contributed by atoms with Crippen molar-refractivity contribution in [3.05, 3.63) is 12.2 Å². The minimum Gasteiger partial charge on any atom is -0.319 e.